The number of amides is 2. The van der Waals surface area contributed by atoms with Crippen LogP contribution < -0.4 is 5.32 Å². The summed E-state index contributed by atoms with van der Waals surface area (Å²) >= 11 is 0. The van der Waals surface area contributed by atoms with Crippen molar-refractivity contribution in [3.63, 3.8) is 0 Å². The molecular weight excluding hydrogens is 452 g/mol. The van der Waals surface area contributed by atoms with E-state index in [1.54, 1.807) is 50.8 Å². The van der Waals surface area contributed by atoms with Crippen LogP contribution in [0.1, 0.15) is 23.2 Å². The Kier molecular flexibility index (Phi) is 6.13. The third-order valence-corrected chi connectivity index (χ3v) is 6.11. The van der Waals surface area contributed by atoms with Crippen LogP contribution in [-0.2, 0) is 4.79 Å². The number of halogens is 2. The molecule has 0 bridgehead atoms. The highest BCUT2D eigenvalue weighted by Crippen LogP contribution is 2.25. The van der Waals surface area contributed by atoms with Crippen LogP contribution in [0.4, 0.5) is 14.5 Å². The fourth-order valence-electron chi connectivity index (χ4n) is 4.33. The van der Waals surface area contributed by atoms with Crippen LogP contribution in [0.5, 0.6) is 0 Å². The fourth-order valence-corrected chi connectivity index (χ4v) is 4.33. The summed E-state index contributed by atoms with van der Waals surface area (Å²) in [6, 6.07) is 15.5. The van der Waals surface area contributed by atoms with Crippen molar-refractivity contribution >= 4 is 17.5 Å². The number of rotatable bonds is 5. The predicted octanol–water partition coefficient (Wildman–Crippen LogP) is 4.43. The molecule has 1 saturated heterocycles. The SMILES string of the molecule is O=C(Nc1ccccc1F)[C@@H]1CCCN(C(=O)c2cnn(-c3ccc(F)cc3)c2-n2cccc2)C1. The average Bonchev–Trinajstić information content (AvgIpc) is 3.55. The molecule has 0 unspecified atom stereocenters. The molecule has 1 aliphatic rings. The van der Waals surface area contributed by atoms with Gasteiger partial charge in [0.15, 0.2) is 5.82 Å². The first-order chi connectivity index (χ1) is 17.0. The van der Waals surface area contributed by atoms with Gasteiger partial charge in [-0.2, -0.15) is 5.10 Å². The van der Waals surface area contributed by atoms with Crippen LogP contribution in [0.25, 0.3) is 11.5 Å². The highest BCUT2D eigenvalue weighted by Gasteiger charge is 2.31. The second-order valence-electron chi connectivity index (χ2n) is 8.42. The first-order valence-corrected chi connectivity index (χ1v) is 11.3. The maximum atomic E-state index is 14.0. The molecule has 0 radical (unpaired) electrons. The van der Waals surface area contributed by atoms with Gasteiger partial charge in [0.2, 0.25) is 5.91 Å². The maximum Gasteiger partial charge on any atom is 0.259 e. The van der Waals surface area contributed by atoms with Gasteiger partial charge in [-0.3, -0.25) is 9.59 Å². The zero-order valence-corrected chi connectivity index (χ0v) is 18.8. The Labute approximate surface area is 200 Å². The molecule has 7 nitrogen and oxygen atoms in total. The van der Waals surface area contributed by atoms with E-state index in [9.17, 15) is 18.4 Å². The van der Waals surface area contributed by atoms with Gasteiger partial charge in [-0.25, -0.2) is 13.5 Å². The number of hydrogen-bond acceptors (Lipinski definition) is 3. The van der Waals surface area contributed by atoms with Gasteiger partial charge >= 0.3 is 0 Å². The molecule has 1 N–H and O–H groups in total. The molecule has 3 heterocycles. The molecule has 0 aliphatic carbocycles. The molecule has 178 valence electrons. The number of para-hydroxylation sites is 1. The molecule has 2 amide bonds. The van der Waals surface area contributed by atoms with E-state index < -0.39 is 11.7 Å². The molecule has 35 heavy (non-hydrogen) atoms. The molecule has 2 aromatic carbocycles. The Hall–Kier alpha value is -4.27. The monoisotopic (exact) mass is 475 g/mol. The van der Waals surface area contributed by atoms with Gasteiger partial charge < -0.3 is 14.8 Å². The normalized spacial score (nSPS) is 15.7. The summed E-state index contributed by atoms with van der Waals surface area (Å²) in [7, 11) is 0. The van der Waals surface area contributed by atoms with Crippen molar-refractivity contribution in [1.82, 2.24) is 19.2 Å². The van der Waals surface area contributed by atoms with Crippen molar-refractivity contribution in [3.8, 4) is 11.5 Å². The lowest BCUT2D eigenvalue weighted by Gasteiger charge is -2.32. The number of nitrogens with zero attached hydrogens (tertiary/aromatic N) is 4. The lowest BCUT2D eigenvalue weighted by Crippen LogP contribution is -2.44. The molecule has 0 spiro atoms. The average molecular weight is 475 g/mol. The van der Waals surface area contributed by atoms with E-state index in [4.69, 9.17) is 0 Å². The summed E-state index contributed by atoms with van der Waals surface area (Å²) in [5.41, 5.74) is 1.09. The fraction of sp³-hybridized carbons (Fsp3) is 0.192. The second kappa shape index (κ2) is 9.54. The zero-order chi connectivity index (χ0) is 24.4. The van der Waals surface area contributed by atoms with E-state index in [2.05, 4.69) is 10.4 Å². The molecule has 9 heteroatoms. The van der Waals surface area contributed by atoms with Gasteiger partial charge in [-0.15, -0.1) is 0 Å². The Morgan fingerprint density at radius 1 is 0.971 bits per heavy atom. The van der Waals surface area contributed by atoms with Gasteiger partial charge in [0.25, 0.3) is 5.91 Å². The van der Waals surface area contributed by atoms with Crippen LogP contribution in [0.3, 0.4) is 0 Å². The minimum absolute atomic E-state index is 0.122. The zero-order valence-electron chi connectivity index (χ0n) is 18.8. The smallest absolute Gasteiger partial charge is 0.259 e. The van der Waals surface area contributed by atoms with E-state index in [1.807, 2.05) is 12.1 Å². The van der Waals surface area contributed by atoms with E-state index in [1.165, 1.54) is 30.5 Å². The summed E-state index contributed by atoms with van der Waals surface area (Å²) in [6.45, 7) is 0.709. The minimum atomic E-state index is -0.505. The number of benzene rings is 2. The summed E-state index contributed by atoms with van der Waals surface area (Å²) < 4.78 is 30.8. The Bertz CT molecular complexity index is 1350. The quantitative estimate of drug-likeness (QED) is 0.464. The van der Waals surface area contributed by atoms with E-state index in [0.717, 1.165) is 0 Å². The summed E-state index contributed by atoms with van der Waals surface area (Å²) in [4.78, 5) is 28.1. The van der Waals surface area contributed by atoms with Crippen molar-refractivity contribution in [2.45, 2.75) is 12.8 Å². The van der Waals surface area contributed by atoms with Gasteiger partial charge in [-0.05, 0) is 61.4 Å². The third-order valence-electron chi connectivity index (χ3n) is 6.11. The van der Waals surface area contributed by atoms with Gasteiger partial charge in [0.05, 0.1) is 23.5 Å². The topological polar surface area (TPSA) is 72.2 Å². The first-order valence-electron chi connectivity index (χ1n) is 11.3. The molecule has 0 saturated carbocycles. The van der Waals surface area contributed by atoms with Crippen molar-refractivity contribution < 1.29 is 18.4 Å². The highest BCUT2D eigenvalue weighted by molar-refractivity contribution is 5.98. The molecule has 1 aliphatic heterocycles. The third kappa shape index (κ3) is 4.57. The van der Waals surface area contributed by atoms with Crippen LogP contribution in [0.2, 0.25) is 0 Å². The largest absolute Gasteiger partial charge is 0.338 e. The standard InChI is InChI=1S/C26H23F2N5O2/c27-19-9-11-20(12-10-19)33-25(31-13-3-4-14-31)21(16-29-33)26(35)32-15-5-6-18(17-32)24(34)30-23-8-2-1-7-22(23)28/h1-4,7-14,16,18H,5-6,15,17H2,(H,30,34)/t18-/m1/s1. The number of carbonyl (C=O) groups is 2. The van der Waals surface area contributed by atoms with Crippen molar-refractivity contribution in [2.24, 2.45) is 5.92 Å². The number of likely N-dealkylation sites (tertiary alicyclic amines) is 1. The Morgan fingerprint density at radius 2 is 1.71 bits per heavy atom. The van der Waals surface area contributed by atoms with Crippen LogP contribution in [-0.4, -0.2) is 44.2 Å². The molecule has 5 rings (SSSR count). The minimum Gasteiger partial charge on any atom is -0.338 e. The first kappa shape index (κ1) is 22.5. The highest BCUT2D eigenvalue weighted by atomic mass is 19.1. The van der Waals surface area contributed by atoms with Gasteiger partial charge in [0.1, 0.15) is 17.2 Å². The molecule has 4 aromatic rings. The lowest BCUT2D eigenvalue weighted by atomic mass is 9.96. The second-order valence-corrected chi connectivity index (χ2v) is 8.42. The van der Waals surface area contributed by atoms with Crippen molar-refractivity contribution in [2.75, 3.05) is 18.4 Å². The lowest BCUT2D eigenvalue weighted by molar-refractivity contribution is -0.121. The predicted molar refractivity (Wildman–Crippen MR) is 127 cm³/mol. The van der Waals surface area contributed by atoms with Crippen LogP contribution in [0.15, 0.2) is 79.3 Å². The van der Waals surface area contributed by atoms with Crippen LogP contribution in [0, 0.1) is 17.6 Å². The number of hydrogen-bond donors (Lipinski definition) is 1. The number of anilines is 1. The Balaban J connectivity index is 1.40. The van der Waals surface area contributed by atoms with Gasteiger partial charge in [-0.1, -0.05) is 12.1 Å². The molecule has 1 fully saturated rings. The summed E-state index contributed by atoms with van der Waals surface area (Å²) in [5.74, 6) is -1.40. The molecular formula is C26H23F2N5O2. The number of piperidine rings is 1. The molecule has 2 aromatic heterocycles. The van der Waals surface area contributed by atoms with Crippen molar-refractivity contribution in [3.05, 3.63) is 96.5 Å². The van der Waals surface area contributed by atoms with E-state index in [-0.39, 0.29) is 29.9 Å². The van der Waals surface area contributed by atoms with Crippen molar-refractivity contribution in [1.29, 1.82) is 0 Å². The van der Waals surface area contributed by atoms with E-state index >= 15 is 0 Å². The maximum absolute atomic E-state index is 14.0. The Morgan fingerprint density at radius 3 is 2.46 bits per heavy atom. The van der Waals surface area contributed by atoms with Crippen LogP contribution >= 0.6 is 0 Å². The van der Waals surface area contributed by atoms with E-state index in [0.29, 0.717) is 36.5 Å². The molecule has 1 atom stereocenters. The number of aromatic nitrogens is 3. The number of carbonyl (C=O) groups excluding carboxylic acids is 2. The summed E-state index contributed by atoms with van der Waals surface area (Å²) in [6.07, 6.45) is 6.34. The summed E-state index contributed by atoms with van der Waals surface area (Å²) in [5, 5.41) is 7.05. The number of nitrogens with one attached hydrogen (secondary N) is 1. The van der Waals surface area contributed by atoms with Gasteiger partial charge in [0, 0.05) is 25.5 Å².